The van der Waals surface area contributed by atoms with Gasteiger partial charge in [0.2, 0.25) is 0 Å². The van der Waals surface area contributed by atoms with Crippen LogP contribution in [0.5, 0.6) is 0 Å². The molecule has 0 saturated heterocycles. The van der Waals surface area contributed by atoms with E-state index in [0.29, 0.717) is 0 Å². The molecular weight excluding hydrogens is 327 g/mol. The zero-order chi connectivity index (χ0) is 11.3. The van der Waals surface area contributed by atoms with Crippen molar-refractivity contribution in [2.24, 2.45) is 4.99 Å². The standard InChI is InChI=1S/C11H9NO3.Cs/c1-8-4-2-3-5-9(8)6-12-10(7-13)11(14)15;/h2-5H,1,6H2,(H,14,15);/q-2;+1. The van der Waals surface area contributed by atoms with E-state index < -0.39 is 11.7 Å². The van der Waals surface area contributed by atoms with E-state index in [0.717, 1.165) is 11.1 Å². The number of carbonyl (C=O) groups excluding carboxylic acids is 1. The zero-order valence-corrected chi connectivity index (χ0v) is 15.2. The molecule has 0 saturated carbocycles. The number of rotatable bonds is 4. The van der Waals surface area contributed by atoms with Crippen molar-refractivity contribution in [3.05, 3.63) is 42.3 Å². The Morgan fingerprint density at radius 2 is 2.06 bits per heavy atom. The summed E-state index contributed by atoms with van der Waals surface area (Å²) in [6, 6.07) is 7.18. The van der Waals surface area contributed by atoms with Crippen LogP contribution in [0.4, 0.5) is 0 Å². The van der Waals surface area contributed by atoms with Crippen LogP contribution in [0.3, 0.4) is 0 Å². The van der Waals surface area contributed by atoms with Gasteiger partial charge in [0.05, 0.1) is 0 Å². The van der Waals surface area contributed by atoms with Crippen LogP contribution in [-0.2, 0) is 16.1 Å². The molecule has 0 heterocycles. The summed E-state index contributed by atoms with van der Waals surface area (Å²) >= 11 is 0. The van der Waals surface area contributed by atoms with E-state index in [1.807, 2.05) is 6.07 Å². The van der Waals surface area contributed by atoms with Gasteiger partial charge in [-0.1, -0.05) is 6.07 Å². The van der Waals surface area contributed by atoms with Crippen molar-refractivity contribution in [3.63, 3.8) is 0 Å². The minimum absolute atomic E-state index is 0. The van der Waals surface area contributed by atoms with Crippen molar-refractivity contribution in [1.82, 2.24) is 0 Å². The van der Waals surface area contributed by atoms with Crippen molar-refractivity contribution in [1.29, 1.82) is 0 Å². The van der Waals surface area contributed by atoms with E-state index in [-0.39, 0.29) is 75.4 Å². The molecule has 0 spiro atoms. The number of hydrogen-bond donors (Lipinski definition) is 1. The van der Waals surface area contributed by atoms with Crippen LogP contribution < -0.4 is 68.9 Å². The van der Waals surface area contributed by atoms with Crippen molar-refractivity contribution >= 4 is 18.0 Å². The molecule has 1 N–H and O–H groups in total. The summed E-state index contributed by atoms with van der Waals surface area (Å²) in [5.74, 6) is -1.37. The van der Waals surface area contributed by atoms with Crippen molar-refractivity contribution < 1.29 is 83.6 Å². The van der Waals surface area contributed by atoms with Crippen molar-refractivity contribution in [2.45, 2.75) is 6.54 Å². The van der Waals surface area contributed by atoms with Gasteiger partial charge in [0.15, 0.2) is 5.97 Å². The summed E-state index contributed by atoms with van der Waals surface area (Å²) in [6.07, 6.45) is 1.27. The quantitative estimate of drug-likeness (QED) is 0.393. The van der Waals surface area contributed by atoms with E-state index in [9.17, 15) is 9.59 Å². The average Bonchev–Trinajstić information content (AvgIpc) is 2.21. The molecule has 16 heavy (non-hydrogen) atoms. The topological polar surface area (TPSA) is 66.7 Å². The Balaban J connectivity index is 0.00000225. The molecule has 0 fully saturated rings. The molecule has 5 heteroatoms. The summed E-state index contributed by atoms with van der Waals surface area (Å²) in [4.78, 5) is 24.3. The first-order chi connectivity index (χ1) is 7.15. The minimum atomic E-state index is -1.37. The molecule has 1 aromatic rings. The van der Waals surface area contributed by atoms with Gasteiger partial charge in [0.1, 0.15) is 0 Å². The van der Waals surface area contributed by atoms with Gasteiger partial charge < -0.3 is 19.7 Å². The summed E-state index contributed by atoms with van der Waals surface area (Å²) in [6.45, 7) is 3.88. The van der Waals surface area contributed by atoms with Gasteiger partial charge in [-0.15, -0.1) is 17.7 Å². The second kappa shape index (κ2) is 8.10. The molecule has 78 valence electrons. The zero-order valence-electron chi connectivity index (χ0n) is 8.93. The van der Waals surface area contributed by atoms with Crippen LogP contribution in [-0.4, -0.2) is 23.1 Å². The Morgan fingerprint density at radius 1 is 1.44 bits per heavy atom. The Bertz CT molecular complexity index is 415. The molecule has 4 nitrogen and oxygen atoms in total. The van der Waals surface area contributed by atoms with Crippen LogP contribution in [0.1, 0.15) is 11.1 Å². The van der Waals surface area contributed by atoms with Gasteiger partial charge in [-0.2, -0.15) is 18.6 Å². The molecule has 0 aromatic heterocycles. The number of aliphatic imine (C=N–C) groups is 1. The maximum atomic E-state index is 10.4. The fraction of sp³-hybridized carbons (Fsp3) is 0.0909. The van der Waals surface area contributed by atoms with Gasteiger partial charge >= 0.3 is 68.9 Å². The van der Waals surface area contributed by atoms with Crippen LogP contribution >= 0.6 is 0 Å². The van der Waals surface area contributed by atoms with Crippen molar-refractivity contribution in [3.8, 4) is 0 Å². The maximum Gasteiger partial charge on any atom is 1.00 e. The van der Waals surface area contributed by atoms with Crippen LogP contribution in [0.2, 0.25) is 0 Å². The predicted octanol–water partition coefficient (Wildman–Crippen LogP) is -1.99. The third-order valence-corrected chi connectivity index (χ3v) is 1.83. The molecule has 0 amide bonds. The van der Waals surface area contributed by atoms with Gasteiger partial charge in [-0.3, -0.25) is 0 Å². The molecule has 0 aliphatic heterocycles. The Hall–Kier alpha value is -0.0481. The van der Waals surface area contributed by atoms with Gasteiger partial charge in [0.25, 0.3) is 0 Å². The molecule has 1 rings (SSSR count). The number of nitrogens with zero attached hydrogens (tertiary/aromatic N) is 1. The number of carboxylic acids is 1. The fourth-order valence-electron chi connectivity index (χ4n) is 1.02. The monoisotopic (exact) mass is 336 g/mol. The first kappa shape index (κ1) is 16.0. The van der Waals surface area contributed by atoms with Gasteiger partial charge in [-0.25, -0.2) is 0 Å². The number of carboxylic acid groups (broad SMARTS) is 1. The van der Waals surface area contributed by atoms with Crippen LogP contribution in [0.15, 0.2) is 29.3 Å². The number of aliphatic carboxylic acids is 1. The number of hydrogen-bond acceptors (Lipinski definition) is 3. The summed E-state index contributed by atoms with van der Waals surface area (Å²) < 4.78 is 0. The molecule has 0 aliphatic carbocycles. The van der Waals surface area contributed by atoms with Gasteiger partial charge in [0, 0.05) is 18.5 Å². The van der Waals surface area contributed by atoms with Crippen LogP contribution in [0.25, 0.3) is 0 Å². The largest absolute Gasteiger partial charge is 1.00 e. The van der Waals surface area contributed by atoms with E-state index in [1.54, 1.807) is 18.2 Å². The minimum Gasteiger partial charge on any atom is -0.561 e. The Kier molecular flexibility index (Phi) is 8.08. The first-order valence-electron chi connectivity index (χ1n) is 4.21. The smallest absolute Gasteiger partial charge is 0.561 e. The summed E-state index contributed by atoms with van der Waals surface area (Å²) in [5, 5.41) is 8.51. The van der Waals surface area contributed by atoms with E-state index >= 15 is 0 Å². The van der Waals surface area contributed by atoms with Crippen LogP contribution in [0, 0.1) is 6.92 Å². The summed E-state index contributed by atoms with van der Waals surface area (Å²) in [5.41, 5.74) is 0.946. The average molecular weight is 336 g/mol. The molecular formula is C11H9CsNO3-. The molecule has 0 unspecified atom stereocenters. The predicted molar refractivity (Wildman–Crippen MR) is 55.4 cm³/mol. The molecule has 0 atom stereocenters. The Labute approximate surface area is 153 Å². The molecule has 1 aromatic carbocycles. The molecule has 0 aliphatic rings. The second-order valence-electron chi connectivity index (χ2n) is 2.84. The first-order valence-corrected chi connectivity index (χ1v) is 4.21. The second-order valence-corrected chi connectivity index (χ2v) is 2.84. The molecule has 0 bridgehead atoms. The van der Waals surface area contributed by atoms with E-state index in [2.05, 4.69) is 11.9 Å². The SMILES string of the molecule is [CH2-]c1ccccc1CN=C([C-]=O)C(=O)O.[Cs+]. The molecule has 0 radical (unpaired) electrons. The third kappa shape index (κ3) is 4.86. The maximum absolute atomic E-state index is 10.4. The fourth-order valence-corrected chi connectivity index (χ4v) is 1.02. The van der Waals surface area contributed by atoms with Gasteiger partial charge in [-0.05, 0) is 0 Å². The summed E-state index contributed by atoms with van der Waals surface area (Å²) in [7, 11) is 0. The van der Waals surface area contributed by atoms with Crippen molar-refractivity contribution in [2.75, 3.05) is 0 Å². The normalized spacial score (nSPS) is 10.4. The third-order valence-electron chi connectivity index (χ3n) is 1.83. The Morgan fingerprint density at radius 3 is 2.56 bits per heavy atom. The number of benzene rings is 1. The van der Waals surface area contributed by atoms with E-state index in [4.69, 9.17) is 5.11 Å². The van der Waals surface area contributed by atoms with E-state index in [1.165, 1.54) is 6.29 Å². The number of carbonyl (C=O) groups is 1.